The zero-order valence-corrected chi connectivity index (χ0v) is 10.6. The Morgan fingerprint density at radius 3 is 2.81 bits per heavy atom. The van der Waals surface area contributed by atoms with E-state index in [9.17, 15) is 4.79 Å². The molecule has 0 aliphatic carbocycles. The maximum atomic E-state index is 12.1. The van der Waals surface area contributed by atoms with Crippen LogP contribution in [0.25, 0.3) is 0 Å². The first kappa shape index (κ1) is 11.4. The Morgan fingerprint density at radius 1 is 1.56 bits per heavy atom. The van der Waals surface area contributed by atoms with E-state index in [1.54, 1.807) is 23.9 Å². The Labute approximate surface area is 103 Å². The summed E-state index contributed by atoms with van der Waals surface area (Å²) in [5.74, 6) is -0.0217. The quantitative estimate of drug-likeness (QED) is 0.790. The fraction of sp³-hybridized carbons (Fsp3) is 0.273. The van der Waals surface area contributed by atoms with Gasteiger partial charge in [0.2, 0.25) is 5.78 Å². The van der Waals surface area contributed by atoms with Crippen molar-refractivity contribution in [3.8, 4) is 0 Å². The van der Waals surface area contributed by atoms with Crippen molar-refractivity contribution in [2.75, 3.05) is 0 Å². The largest absolute Gasteiger partial charge is 0.286 e. The summed E-state index contributed by atoms with van der Waals surface area (Å²) in [7, 11) is 1.78. The van der Waals surface area contributed by atoms with Crippen LogP contribution < -0.4 is 0 Å². The zero-order valence-electron chi connectivity index (χ0n) is 9.03. The topological polar surface area (TPSA) is 34.9 Å². The summed E-state index contributed by atoms with van der Waals surface area (Å²) >= 11 is 7.10. The van der Waals surface area contributed by atoms with Crippen LogP contribution in [0.4, 0.5) is 0 Å². The van der Waals surface area contributed by atoms with E-state index in [4.69, 9.17) is 11.6 Å². The molecule has 3 nitrogen and oxygen atoms in total. The van der Waals surface area contributed by atoms with Crippen molar-refractivity contribution in [1.29, 1.82) is 0 Å². The SMILES string of the molecule is CCc1cc(C(=O)c2ccc(Cl)s2)n(C)n1. The first-order valence-electron chi connectivity index (χ1n) is 4.94. The molecular formula is C11H11ClN2OS. The molecule has 0 aliphatic rings. The number of carbonyl (C=O) groups is 1. The number of aryl methyl sites for hydroxylation is 2. The Bertz CT molecular complexity index is 530. The molecule has 5 heteroatoms. The van der Waals surface area contributed by atoms with E-state index < -0.39 is 0 Å². The summed E-state index contributed by atoms with van der Waals surface area (Å²) in [5.41, 5.74) is 1.53. The molecule has 0 unspecified atom stereocenters. The number of nitrogens with zero attached hydrogens (tertiary/aromatic N) is 2. The number of ketones is 1. The molecule has 0 aliphatic heterocycles. The average Bonchev–Trinajstić information content (AvgIpc) is 2.83. The van der Waals surface area contributed by atoms with Gasteiger partial charge in [-0.2, -0.15) is 5.10 Å². The fourth-order valence-corrected chi connectivity index (χ4v) is 2.47. The summed E-state index contributed by atoms with van der Waals surface area (Å²) < 4.78 is 2.25. The minimum absolute atomic E-state index is 0.0217. The van der Waals surface area contributed by atoms with Gasteiger partial charge in [-0.3, -0.25) is 9.48 Å². The predicted octanol–water partition coefficient (Wildman–Crippen LogP) is 2.93. The van der Waals surface area contributed by atoms with Crippen LogP contribution in [0.3, 0.4) is 0 Å². The standard InChI is InChI=1S/C11H11ClN2OS/c1-3-7-6-8(14(2)13-7)11(15)9-4-5-10(12)16-9/h4-6H,3H2,1-2H3. The molecule has 0 aromatic carbocycles. The molecule has 0 spiro atoms. The van der Waals surface area contributed by atoms with Crippen molar-refractivity contribution < 1.29 is 4.79 Å². The lowest BCUT2D eigenvalue weighted by molar-refractivity contribution is 0.103. The van der Waals surface area contributed by atoms with Crippen LogP contribution in [0.5, 0.6) is 0 Å². The lowest BCUT2D eigenvalue weighted by atomic mass is 10.2. The Morgan fingerprint density at radius 2 is 2.31 bits per heavy atom. The number of rotatable bonds is 3. The van der Waals surface area contributed by atoms with E-state index in [-0.39, 0.29) is 5.78 Å². The molecule has 0 N–H and O–H groups in total. The molecule has 0 atom stereocenters. The van der Waals surface area contributed by atoms with Crippen LogP contribution in [0.2, 0.25) is 4.34 Å². The van der Waals surface area contributed by atoms with E-state index >= 15 is 0 Å². The van der Waals surface area contributed by atoms with Crippen LogP contribution in [-0.4, -0.2) is 15.6 Å². The van der Waals surface area contributed by atoms with Gasteiger partial charge in [-0.15, -0.1) is 11.3 Å². The van der Waals surface area contributed by atoms with Gasteiger partial charge in [-0.1, -0.05) is 18.5 Å². The number of halogens is 1. The van der Waals surface area contributed by atoms with Crippen LogP contribution >= 0.6 is 22.9 Å². The van der Waals surface area contributed by atoms with E-state index in [0.717, 1.165) is 12.1 Å². The fourth-order valence-electron chi connectivity index (χ4n) is 1.47. The molecule has 2 aromatic rings. The Hall–Kier alpha value is -1.13. The van der Waals surface area contributed by atoms with Gasteiger partial charge in [0.15, 0.2) is 0 Å². The van der Waals surface area contributed by atoms with E-state index in [1.165, 1.54) is 11.3 Å². The second-order valence-electron chi connectivity index (χ2n) is 3.43. The van der Waals surface area contributed by atoms with Crippen LogP contribution in [0, 0.1) is 0 Å². The minimum atomic E-state index is -0.0217. The third-order valence-corrected chi connectivity index (χ3v) is 3.55. The van der Waals surface area contributed by atoms with Crippen LogP contribution in [-0.2, 0) is 13.5 Å². The molecule has 84 valence electrons. The molecule has 2 rings (SSSR count). The highest BCUT2D eigenvalue weighted by atomic mass is 35.5. The molecule has 0 fully saturated rings. The molecule has 0 radical (unpaired) electrons. The summed E-state index contributed by atoms with van der Waals surface area (Å²) in [6.07, 6.45) is 0.826. The smallest absolute Gasteiger partial charge is 0.220 e. The van der Waals surface area contributed by atoms with Gasteiger partial charge in [0.05, 0.1) is 14.9 Å². The van der Waals surface area contributed by atoms with Crippen molar-refractivity contribution in [3.63, 3.8) is 0 Å². The normalized spacial score (nSPS) is 10.7. The predicted molar refractivity (Wildman–Crippen MR) is 65.3 cm³/mol. The molecule has 0 saturated carbocycles. The Kier molecular flexibility index (Phi) is 3.12. The third kappa shape index (κ3) is 2.03. The van der Waals surface area contributed by atoms with E-state index in [2.05, 4.69) is 5.10 Å². The average molecular weight is 255 g/mol. The van der Waals surface area contributed by atoms with Gasteiger partial charge >= 0.3 is 0 Å². The first-order chi connectivity index (χ1) is 7.61. The monoisotopic (exact) mass is 254 g/mol. The Balaban J connectivity index is 2.37. The molecule has 2 aromatic heterocycles. The molecule has 16 heavy (non-hydrogen) atoms. The van der Waals surface area contributed by atoms with Crippen molar-refractivity contribution in [2.24, 2.45) is 7.05 Å². The summed E-state index contributed by atoms with van der Waals surface area (Å²) in [6, 6.07) is 5.31. The van der Waals surface area contributed by atoms with Gasteiger partial charge in [-0.05, 0) is 24.6 Å². The minimum Gasteiger partial charge on any atom is -0.286 e. The highest BCUT2D eigenvalue weighted by Crippen LogP contribution is 2.24. The maximum absolute atomic E-state index is 12.1. The molecule has 0 amide bonds. The zero-order chi connectivity index (χ0) is 11.7. The maximum Gasteiger partial charge on any atom is 0.220 e. The second kappa shape index (κ2) is 4.39. The van der Waals surface area contributed by atoms with E-state index in [1.807, 2.05) is 13.0 Å². The third-order valence-electron chi connectivity index (χ3n) is 2.32. The van der Waals surface area contributed by atoms with Gasteiger partial charge in [0.1, 0.15) is 5.69 Å². The van der Waals surface area contributed by atoms with Gasteiger partial charge < -0.3 is 0 Å². The summed E-state index contributed by atoms with van der Waals surface area (Å²) in [4.78, 5) is 12.7. The van der Waals surface area contributed by atoms with Gasteiger partial charge in [-0.25, -0.2) is 0 Å². The first-order valence-corrected chi connectivity index (χ1v) is 6.14. The number of carbonyl (C=O) groups excluding carboxylic acids is 1. The van der Waals surface area contributed by atoms with E-state index in [0.29, 0.717) is 14.9 Å². The highest BCUT2D eigenvalue weighted by Gasteiger charge is 2.16. The number of hydrogen-bond acceptors (Lipinski definition) is 3. The van der Waals surface area contributed by atoms with Crippen molar-refractivity contribution in [1.82, 2.24) is 9.78 Å². The molecule has 2 heterocycles. The van der Waals surface area contributed by atoms with Crippen molar-refractivity contribution in [3.05, 3.63) is 38.8 Å². The lowest BCUT2D eigenvalue weighted by Gasteiger charge is -1.97. The van der Waals surface area contributed by atoms with Crippen molar-refractivity contribution in [2.45, 2.75) is 13.3 Å². The number of hydrogen-bond donors (Lipinski definition) is 0. The van der Waals surface area contributed by atoms with Crippen molar-refractivity contribution >= 4 is 28.7 Å². The van der Waals surface area contributed by atoms with Crippen LogP contribution in [0.1, 0.15) is 28.0 Å². The van der Waals surface area contributed by atoms with Gasteiger partial charge in [0.25, 0.3) is 0 Å². The second-order valence-corrected chi connectivity index (χ2v) is 5.15. The molecular weight excluding hydrogens is 244 g/mol. The summed E-state index contributed by atoms with van der Waals surface area (Å²) in [5, 5.41) is 4.25. The highest BCUT2D eigenvalue weighted by molar-refractivity contribution is 7.18. The number of aromatic nitrogens is 2. The summed E-state index contributed by atoms with van der Waals surface area (Å²) in [6.45, 7) is 2.01. The molecule has 0 saturated heterocycles. The lowest BCUT2D eigenvalue weighted by Crippen LogP contribution is -2.06. The number of thiophene rings is 1. The van der Waals surface area contributed by atoms with Crippen LogP contribution in [0.15, 0.2) is 18.2 Å². The molecule has 0 bridgehead atoms. The van der Waals surface area contributed by atoms with Gasteiger partial charge in [0, 0.05) is 7.05 Å².